The third kappa shape index (κ3) is 5.25. The van der Waals surface area contributed by atoms with Crippen molar-refractivity contribution in [3.05, 3.63) is 11.7 Å². The lowest BCUT2D eigenvalue weighted by Gasteiger charge is -2.35. The van der Waals surface area contributed by atoms with Gasteiger partial charge in [-0.2, -0.15) is 4.98 Å². The molecule has 0 N–H and O–H groups in total. The molecule has 2 fully saturated rings. The van der Waals surface area contributed by atoms with E-state index in [0.717, 1.165) is 38.8 Å². The normalized spacial score (nSPS) is 22.3. The van der Waals surface area contributed by atoms with Crippen molar-refractivity contribution >= 4 is 5.91 Å². The van der Waals surface area contributed by atoms with E-state index in [1.165, 1.54) is 19.3 Å². The highest BCUT2D eigenvalue weighted by atomic mass is 16.5. The summed E-state index contributed by atoms with van der Waals surface area (Å²) in [4.78, 5) is 18.9. The number of likely N-dealkylation sites (tertiary alicyclic amines) is 1. The molecule has 3 rings (SSSR count). The molecule has 7 nitrogen and oxygen atoms in total. The zero-order valence-corrected chi connectivity index (χ0v) is 15.1. The number of methoxy groups -OCH3 is 1. The summed E-state index contributed by atoms with van der Waals surface area (Å²) >= 11 is 0. The van der Waals surface area contributed by atoms with Crippen LogP contribution in [0, 0.1) is 5.92 Å². The van der Waals surface area contributed by atoms with E-state index in [2.05, 4.69) is 10.1 Å². The van der Waals surface area contributed by atoms with Crippen molar-refractivity contribution in [2.24, 2.45) is 5.92 Å². The molecular weight excluding hydrogens is 322 g/mol. The number of nitrogens with zero attached hydrogens (tertiary/aromatic N) is 3. The van der Waals surface area contributed by atoms with E-state index < -0.39 is 0 Å². The number of piperidine rings is 1. The second kappa shape index (κ2) is 9.29. The minimum atomic E-state index is 0.117. The van der Waals surface area contributed by atoms with Crippen molar-refractivity contribution in [2.45, 2.75) is 64.1 Å². The van der Waals surface area contributed by atoms with E-state index in [1.54, 1.807) is 7.11 Å². The van der Waals surface area contributed by atoms with Crippen molar-refractivity contribution in [1.29, 1.82) is 0 Å². The van der Waals surface area contributed by atoms with Crippen LogP contribution >= 0.6 is 0 Å². The van der Waals surface area contributed by atoms with Crippen LogP contribution in [0.4, 0.5) is 0 Å². The van der Waals surface area contributed by atoms with Crippen LogP contribution in [0.15, 0.2) is 4.52 Å². The number of aromatic nitrogens is 2. The van der Waals surface area contributed by atoms with Gasteiger partial charge in [-0.05, 0) is 25.7 Å². The third-order valence-corrected chi connectivity index (χ3v) is 5.10. The summed E-state index contributed by atoms with van der Waals surface area (Å²) in [5.74, 6) is 1.71. The van der Waals surface area contributed by atoms with Crippen LogP contribution in [0.1, 0.15) is 56.7 Å². The molecule has 25 heavy (non-hydrogen) atoms. The summed E-state index contributed by atoms with van der Waals surface area (Å²) in [6, 6.07) is 0. The Labute approximate surface area is 149 Å². The molecule has 2 heterocycles. The second-order valence-corrected chi connectivity index (χ2v) is 7.04. The minimum Gasteiger partial charge on any atom is -0.376 e. The molecule has 1 unspecified atom stereocenters. The van der Waals surface area contributed by atoms with E-state index in [4.69, 9.17) is 14.0 Å². The number of carbonyl (C=O) groups excluding carboxylic acids is 1. The number of ether oxygens (including phenoxy) is 2. The first kappa shape index (κ1) is 18.3. The molecule has 0 bridgehead atoms. The molecule has 2 aliphatic rings. The number of hydrogen-bond donors (Lipinski definition) is 0. The van der Waals surface area contributed by atoms with Gasteiger partial charge in [-0.1, -0.05) is 24.4 Å². The van der Waals surface area contributed by atoms with Gasteiger partial charge in [-0.3, -0.25) is 4.79 Å². The summed E-state index contributed by atoms with van der Waals surface area (Å²) in [6.45, 7) is 2.47. The van der Waals surface area contributed by atoms with Crippen molar-refractivity contribution in [3.63, 3.8) is 0 Å². The van der Waals surface area contributed by atoms with Crippen LogP contribution in [0.25, 0.3) is 0 Å². The summed E-state index contributed by atoms with van der Waals surface area (Å²) in [7, 11) is 1.59. The summed E-state index contributed by atoms with van der Waals surface area (Å²) in [5.41, 5.74) is 0. The van der Waals surface area contributed by atoms with Crippen molar-refractivity contribution in [1.82, 2.24) is 15.0 Å². The Morgan fingerprint density at radius 2 is 2.08 bits per heavy atom. The van der Waals surface area contributed by atoms with Crippen molar-refractivity contribution in [2.75, 3.05) is 26.8 Å². The highest BCUT2D eigenvalue weighted by Gasteiger charge is 2.30. The average molecular weight is 351 g/mol. The van der Waals surface area contributed by atoms with Gasteiger partial charge in [-0.25, -0.2) is 0 Å². The van der Waals surface area contributed by atoms with Crippen molar-refractivity contribution in [3.8, 4) is 0 Å². The third-order valence-electron chi connectivity index (χ3n) is 5.10. The van der Waals surface area contributed by atoms with E-state index in [9.17, 15) is 4.79 Å². The van der Waals surface area contributed by atoms with E-state index in [0.29, 0.717) is 37.3 Å². The van der Waals surface area contributed by atoms with Crippen LogP contribution < -0.4 is 0 Å². The predicted octanol–water partition coefficient (Wildman–Crippen LogP) is 2.35. The molecule has 140 valence electrons. The molecule has 0 spiro atoms. The maximum Gasteiger partial charge on any atom is 0.252 e. The Bertz CT molecular complexity index is 542. The Morgan fingerprint density at radius 3 is 2.88 bits per heavy atom. The highest BCUT2D eigenvalue weighted by molar-refractivity contribution is 5.79. The quantitative estimate of drug-likeness (QED) is 0.750. The van der Waals surface area contributed by atoms with Gasteiger partial charge in [0.15, 0.2) is 5.82 Å². The van der Waals surface area contributed by atoms with Crippen LogP contribution in [-0.2, 0) is 27.3 Å². The highest BCUT2D eigenvalue weighted by Crippen LogP contribution is 2.27. The molecule has 1 saturated carbocycles. The van der Waals surface area contributed by atoms with Crippen molar-refractivity contribution < 1.29 is 18.8 Å². The van der Waals surface area contributed by atoms with Gasteiger partial charge >= 0.3 is 0 Å². The molecule has 7 heteroatoms. The minimum absolute atomic E-state index is 0.117. The van der Waals surface area contributed by atoms with Gasteiger partial charge in [0, 0.05) is 32.5 Å². The van der Waals surface area contributed by atoms with Gasteiger partial charge in [0.05, 0.1) is 12.7 Å². The SMILES string of the molecule is COCc1nc(CCOC2CCCN(C(=O)C3CCCCC3)C2)no1. The molecule has 1 aliphatic carbocycles. The van der Waals surface area contributed by atoms with E-state index in [-0.39, 0.29) is 12.0 Å². The van der Waals surface area contributed by atoms with Gasteiger partial charge in [0.1, 0.15) is 6.61 Å². The Hall–Kier alpha value is -1.47. The topological polar surface area (TPSA) is 77.7 Å². The molecule has 1 atom stereocenters. The number of rotatable bonds is 7. The molecule has 1 aliphatic heterocycles. The van der Waals surface area contributed by atoms with E-state index >= 15 is 0 Å². The maximum absolute atomic E-state index is 12.7. The first-order valence-electron chi connectivity index (χ1n) is 9.47. The summed E-state index contributed by atoms with van der Waals surface area (Å²) in [6.07, 6.45) is 8.54. The zero-order valence-electron chi connectivity index (χ0n) is 15.1. The van der Waals surface area contributed by atoms with Crippen LogP contribution in [-0.4, -0.2) is 53.9 Å². The van der Waals surface area contributed by atoms with Crippen LogP contribution in [0.2, 0.25) is 0 Å². The zero-order chi connectivity index (χ0) is 17.5. The van der Waals surface area contributed by atoms with E-state index in [1.807, 2.05) is 4.90 Å². The Morgan fingerprint density at radius 1 is 1.24 bits per heavy atom. The second-order valence-electron chi connectivity index (χ2n) is 7.04. The number of amides is 1. The molecule has 1 aromatic heterocycles. The first-order valence-corrected chi connectivity index (χ1v) is 9.47. The van der Waals surface area contributed by atoms with Gasteiger partial charge in [-0.15, -0.1) is 0 Å². The molecule has 1 amide bonds. The number of hydrogen-bond acceptors (Lipinski definition) is 6. The molecule has 0 aromatic carbocycles. The average Bonchev–Trinajstić information content (AvgIpc) is 3.10. The lowest BCUT2D eigenvalue weighted by atomic mass is 9.88. The summed E-state index contributed by atoms with van der Waals surface area (Å²) in [5, 5.41) is 3.91. The largest absolute Gasteiger partial charge is 0.376 e. The monoisotopic (exact) mass is 351 g/mol. The maximum atomic E-state index is 12.7. The smallest absolute Gasteiger partial charge is 0.252 e. The Kier molecular flexibility index (Phi) is 6.81. The van der Waals surface area contributed by atoms with Gasteiger partial charge in [0.25, 0.3) is 5.89 Å². The fourth-order valence-electron chi connectivity index (χ4n) is 3.77. The van der Waals surface area contributed by atoms with Crippen LogP contribution in [0.5, 0.6) is 0 Å². The standard InChI is InChI=1S/C18H29N3O4/c1-23-13-17-19-16(20-25-17)9-11-24-15-8-5-10-21(12-15)18(22)14-6-3-2-4-7-14/h14-15H,2-13H2,1H3. The predicted molar refractivity (Wildman–Crippen MR) is 90.8 cm³/mol. The van der Waals surface area contributed by atoms with Gasteiger partial charge < -0.3 is 18.9 Å². The molecule has 0 radical (unpaired) electrons. The van der Waals surface area contributed by atoms with Crippen LogP contribution in [0.3, 0.4) is 0 Å². The first-order chi connectivity index (χ1) is 12.3. The molecule has 1 saturated heterocycles. The lowest BCUT2D eigenvalue weighted by molar-refractivity contribution is -0.140. The fourth-order valence-corrected chi connectivity index (χ4v) is 3.77. The van der Waals surface area contributed by atoms with Gasteiger partial charge in [0.2, 0.25) is 5.91 Å². The molecule has 1 aromatic rings. The summed E-state index contributed by atoms with van der Waals surface area (Å²) < 4.78 is 16.0. The fraction of sp³-hybridized carbons (Fsp3) is 0.833. The molecular formula is C18H29N3O4. The Balaban J connectivity index is 1.41. The number of carbonyl (C=O) groups is 1. The lowest BCUT2D eigenvalue weighted by Crippen LogP contribution is -2.46.